The molecule has 0 saturated heterocycles. The van der Waals surface area contributed by atoms with Gasteiger partial charge in [-0.15, -0.1) is 37.2 Å². The van der Waals surface area contributed by atoms with E-state index in [-0.39, 0.29) is 67.2 Å². The highest BCUT2D eigenvalue weighted by molar-refractivity contribution is 5.86. The Morgan fingerprint density at radius 1 is 0.827 bits per heavy atom. The minimum Gasteiger partial charge on any atom is -0.461 e. The van der Waals surface area contributed by atoms with Gasteiger partial charge in [-0.05, 0) is 130 Å². The monoisotopic (exact) mass is 793 g/mol. The molecule has 4 rings (SSSR count). The number of unbranched alkanes of at least 4 members (excludes halogenated alkanes) is 5. The van der Waals surface area contributed by atoms with Crippen LogP contribution in [0.15, 0.2) is 11.6 Å². The molecule has 4 aliphatic rings. The van der Waals surface area contributed by atoms with Gasteiger partial charge in [0.05, 0.1) is 6.04 Å². The van der Waals surface area contributed by atoms with Crippen LogP contribution < -0.4 is 17.2 Å². The van der Waals surface area contributed by atoms with Crippen molar-refractivity contribution < 1.29 is 14.3 Å². The van der Waals surface area contributed by atoms with Crippen molar-refractivity contribution in [3.05, 3.63) is 11.6 Å². The second-order valence-corrected chi connectivity index (χ2v) is 17.9. The molecule has 52 heavy (non-hydrogen) atoms. The molecule has 7 nitrogen and oxygen atoms in total. The van der Waals surface area contributed by atoms with Gasteiger partial charge in [0, 0.05) is 13.0 Å². The van der Waals surface area contributed by atoms with Crippen LogP contribution in [-0.2, 0) is 14.3 Å². The van der Waals surface area contributed by atoms with Crippen LogP contribution in [0.2, 0.25) is 0 Å². The van der Waals surface area contributed by atoms with Crippen molar-refractivity contribution >= 4 is 49.1 Å². The highest BCUT2D eigenvalue weighted by atomic mass is 35.5. The maximum atomic E-state index is 13.4. The third-order valence-corrected chi connectivity index (χ3v) is 14.1. The molecule has 4 aliphatic carbocycles. The number of hydrogen-bond donors (Lipinski definition) is 3. The van der Waals surface area contributed by atoms with Crippen LogP contribution in [0, 0.1) is 46.3 Å². The van der Waals surface area contributed by atoms with Gasteiger partial charge in [-0.3, -0.25) is 9.59 Å². The third kappa shape index (κ3) is 12.5. The van der Waals surface area contributed by atoms with Crippen LogP contribution >= 0.6 is 37.2 Å². The summed E-state index contributed by atoms with van der Waals surface area (Å²) in [4.78, 5) is 28.3. The summed E-state index contributed by atoms with van der Waals surface area (Å²) in [7, 11) is 0. The van der Waals surface area contributed by atoms with Crippen LogP contribution in [0.3, 0.4) is 0 Å². The zero-order valence-electron chi connectivity index (χ0n) is 33.6. The molecule has 6 N–H and O–H groups in total. The fourth-order valence-electron chi connectivity index (χ4n) is 11.2. The van der Waals surface area contributed by atoms with Gasteiger partial charge in [0.1, 0.15) is 12.6 Å². The number of nitrogens with two attached hydrogens (primary N) is 3. The predicted molar refractivity (Wildman–Crippen MR) is 224 cm³/mol. The maximum Gasteiger partial charge on any atom is 0.325 e. The topological polar surface area (TPSA) is 125 Å². The van der Waals surface area contributed by atoms with E-state index in [0.29, 0.717) is 31.3 Å². The fraction of sp³-hybridized carbons (Fsp3) is 0.905. The van der Waals surface area contributed by atoms with Gasteiger partial charge in [-0.1, -0.05) is 91.2 Å². The standard InChI is InChI=1S/C42H76N4O3.3ClH/c1-30(2)14-12-15-31(3)35-19-20-36-34-18-17-32-28-33(21-23-41(32,4)37(34)22-24-42(35,36)5)49-39(47)29-46(40(48)38(45)16-13-26-44)27-11-9-7-6-8-10-25-43;;;/h17,30-31,33-38H,6-16,18-29,43-45H2,1-5H3;3*1H/t31-,33+,34+,35-,36+,37+,38+,41+,42-;;;/m1.../s1. The number of fused-ring (bicyclic) bond motifs is 5. The van der Waals surface area contributed by atoms with Gasteiger partial charge in [-0.2, -0.15) is 0 Å². The van der Waals surface area contributed by atoms with Gasteiger partial charge < -0.3 is 26.8 Å². The Labute approximate surface area is 337 Å². The lowest BCUT2D eigenvalue weighted by Gasteiger charge is -2.58. The van der Waals surface area contributed by atoms with Crippen LogP contribution in [0.4, 0.5) is 0 Å². The Morgan fingerprint density at radius 3 is 2.17 bits per heavy atom. The van der Waals surface area contributed by atoms with E-state index in [9.17, 15) is 9.59 Å². The first-order valence-corrected chi connectivity index (χ1v) is 20.8. The highest BCUT2D eigenvalue weighted by Gasteiger charge is 2.59. The number of carbonyl (C=O) groups is 2. The molecule has 0 unspecified atom stereocenters. The summed E-state index contributed by atoms with van der Waals surface area (Å²) in [6.45, 7) is 14.2. The average molecular weight is 794 g/mol. The molecule has 0 spiro atoms. The number of allylic oxidation sites excluding steroid dienone is 1. The van der Waals surface area contributed by atoms with Crippen molar-refractivity contribution in [3.63, 3.8) is 0 Å². The maximum absolute atomic E-state index is 13.4. The third-order valence-electron chi connectivity index (χ3n) is 14.1. The first-order chi connectivity index (χ1) is 23.4. The molecular formula is C42H79Cl3N4O3. The molecule has 1 amide bonds. The number of rotatable bonds is 20. The van der Waals surface area contributed by atoms with E-state index >= 15 is 0 Å². The lowest BCUT2D eigenvalue weighted by molar-refractivity contribution is -0.156. The number of amides is 1. The Hall–Kier alpha value is -0.570. The SMILES string of the molecule is CC(C)CCC[C@@H](C)[C@H]1CC[C@H]2[C@@H]3CC=C4C[C@@H](OC(=O)CN(CCCCCCCCN)C(=O)[C@@H](N)CCCN)CC[C@]4(C)[C@H]3CC[C@]12C.Cl.Cl.Cl. The van der Waals surface area contributed by atoms with Crippen molar-refractivity contribution in [3.8, 4) is 0 Å². The zero-order valence-corrected chi connectivity index (χ0v) is 36.0. The summed E-state index contributed by atoms with van der Waals surface area (Å²) in [6, 6.07) is -0.628. The van der Waals surface area contributed by atoms with E-state index in [1.165, 1.54) is 56.9 Å². The van der Waals surface area contributed by atoms with E-state index in [4.69, 9.17) is 21.9 Å². The molecule has 0 aliphatic heterocycles. The van der Waals surface area contributed by atoms with E-state index in [1.807, 2.05) is 0 Å². The molecule has 0 heterocycles. The van der Waals surface area contributed by atoms with Crippen LogP contribution in [0.1, 0.15) is 157 Å². The van der Waals surface area contributed by atoms with Crippen molar-refractivity contribution in [1.82, 2.24) is 4.90 Å². The van der Waals surface area contributed by atoms with Crippen LogP contribution in [0.25, 0.3) is 0 Å². The normalized spacial score (nSPS) is 30.2. The number of carbonyl (C=O) groups excluding carboxylic acids is 2. The van der Waals surface area contributed by atoms with Gasteiger partial charge in [0.15, 0.2) is 0 Å². The molecule has 10 heteroatoms. The molecule has 0 aromatic rings. The second kappa shape index (κ2) is 23.5. The number of esters is 1. The molecule has 9 atom stereocenters. The Balaban J connectivity index is 0.00000451. The first-order valence-electron chi connectivity index (χ1n) is 20.8. The quantitative estimate of drug-likeness (QED) is 0.0641. The molecule has 0 bridgehead atoms. The van der Waals surface area contributed by atoms with Gasteiger partial charge in [0.25, 0.3) is 0 Å². The van der Waals surface area contributed by atoms with Crippen molar-refractivity contribution in [2.75, 3.05) is 26.2 Å². The summed E-state index contributed by atoms with van der Waals surface area (Å²) >= 11 is 0. The first kappa shape index (κ1) is 49.4. The molecule has 306 valence electrons. The number of halogens is 3. The summed E-state index contributed by atoms with van der Waals surface area (Å²) in [6.07, 6.45) is 23.8. The zero-order chi connectivity index (χ0) is 35.6. The highest BCUT2D eigenvalue weighted by Crippen LogP contribution is 2.67. The van der Waals surface area contributed by atoms with Gasteiger partial charge in [-0.25, -0.2) is 0 Å². The number of nitrogens with zero attached hydrogens (tertiary/aromatic N) is 1. The molecule has 0 radical (unpaired) electrons. The molecule has 0 aromatic carbocycles. The predicted octanol–water partition coefficient (Wildman–Crippen LogP) is 9.40. The smallest absolute Gasteiger partial charge is 0.325 e. The van der Waals surface area contributed by atoms with Gasteiger partial charge >= 0.3 is 5.97 Å². The van der Waals surface area contributed by atoms with Crippen molar-refractivity contribution in [2.45, 2.75) is 169 Å². The summed E-state index contributed by atoms with van der Waals surface area (Å²) in [5, 5.41) is 0. The number of hydrogen-bond acceptors (Lipinski definition) is 6. The molecular weight excluding hydrogens is 715 g/mol. The van der Waals surface area contributed by atoms with Crippen molar-refractivity contribution in [2.24, 2.45) is 63.5 Å². The van der Waals surface area contributed by atoms with E-state index in [0.717, 1.165) is 99.8 Å². The van der Waals surface area contributed by atoms with E-state index in [1.54, 1.807) is 4.90 Å². The number of ether oxygens (including phenoxy) is 1. The summed E-state index contributed by atoms with van der Waals surface area (Å²) in [5.41, 5.74) is 19.8. The van der Waals surface area contributed by atoms with Crippen LogP contribution in [-0.4, -0.2) is 55.1 Å². The average Bonchev–Trinajstić information content (AvgIpc) is 3.43. The van der Waals surface area contributed by atoms with Crippen molar-refractivity contribution in [1.29, 1.82) is 0 Å². The largest absolute Gasteiger partial charge is 0.461 e. The Bertz CT molecular complexity index is 1090. The molecule has 3 fully saturated rings. The lowest BCUT2D eigenvalue weighted by atomic mass is 9.47. The second-order valence-electron chi connectivity index (χ2n) is 17.9. The molecule has 3 saturated carbocycles. The van der Waals surface area contributed by atoms with E-state index < -0.39 is 6.04 Å². The van der Waals surface area contributed by atoms with Gasteiger partial charge in [0.2, 0.25) is 5.91 Å². The minimum absolute atomic E-state index is 0. The van der Waals surface area contributed by atoms with Crippen LogP contribution in [0.5, 0.6) is 0 Å². The summed E-state index contributed by atoms with van der Waals surface area (Å²) < 4.78 is 6.16. The van der Waals surface area contributed by atoms with E-state index in [2.05, 4.69) is 40.7 Å². The lowest BCUT2D eigenvalue weighted by Crippen LogP contribution is -2.51. The minimum atomic E-state index is -0.628. The molecule has 0 aromatic heterocycles. The fourth-order valence-corrected chi connectivity index (χ4v) is 11.2. The summed E-state index contributed by atoms with van der Waals surface area (Å²) in [5.74, 6) is 4.45. The Morgan fingerprint density at radius 2 is 1.50 bits per heavy atom. The Kier molecular flexibility index (Phi) is 22.3.